The minimum atomic E-state index is -0.189. The molecule has 4 aliphatic heterocycles. The van der Waals surface area contributed by atoms with Gasteiger partial charge < -0.3 is 9.80 Å². The van der Waals surface area contributed by atoms with Crippen LogP contribution in [-0.4, -0.2) is 6.71 Å². The van der Waals surface area contributed by atoms with Gasteiger partial charge in [-0.2, -0.15) is 0 Å². The zero-order valence-electron chi connectivity index (χ0n) is 49.1. The Hall–Kier alpha value is -5.58. The van der Waals surface area contributed by atoms with Crippen molar-refractivity contribution in [2.24, 2.45) is 5.41 Å². The molecule has 4 heteroatoms. The highest BCUT2D eigenvalue weighted by Gasteiger charge is 2.52. The van der Waals surface area contributed by atoms with Gasteiger partial charge in [0, 0.05) is 59.7 Å². The van der Waals surface area contributed by atoms with Crippen molar-refractivity contribution in [3.05, 3.63) is 170 Å². The van der Waals surface area contributed by atoms with E-state index in [2.05, 4.69) is 223 Å². The second-order valence-corrected chi connectivity index (χ2v) is 30.4. The average Bonchev–Trinajstić information content (AvgIpc) is 3.88. The topological polar surface area (TPSA) is 6.48 Å². The summed E-state index contributed by atoms with van der Waals surface area (Å²) < 4.78 is 2.69. The SMILES string of the molecule is Cc1cc2c3c(c1)N1c4cc5c(cc4C)C(C)(C)CCC5(C)c4cc(C)c(cc4C(C)(C)C)C4(C)CCCCC4(C)Cc4ccc(c1c4)B3c1cc3c(cc1N2c1ccc2c(c1)sc1ccccc12)C(C)(C)CCC3(C)C. The monoisotopic (exact) mass is 1030 g/mol. The highest BCUT2D eigenvalue weighted by atomic mass is 32.1. The molecule has 1 saturated carbocycles. The molecule has 7 aliphatic rings. The Morgan fingerprint density at radius 3 is 1.84 bits per heavy atom. The zero-order valence-corrected chi connectivity index (χ0v) is 50.0. The Balaban J connectivity index is 1.10. The fourth-order valence-corrected chi connectivity index (χ4v) is 18.1. The summed E-state index contributed by atoms with van der Waals surface area (Å²) in [5, 5.41) is 2.69. The maximum absolute atomic E-state index is 2.79. The van der Waals surface area contributed by atoms with Gasteiger partial charge in [-0.1, -0.05) is 157 Å². The lowest BCUT2D eigenvalue weighted by atomic mass is 9.33. The van der Waals surface area contributed by atoms with Gasteiger partial charge >= 0.3 is 0 Å². The van der Waals surface area contributed by atoms with Crippen LogP contribution in [0.5, 0.6) is 0 Å². The Labute approximate surface area is 465 Å². The number of fused-ring (bicyclic) bond motifs is 9. The number of hydrogen-bond acceptors (Lipinski definition) is 3. The van der Waals surface area contributed by atoms with Crippen molar-refractivity contribution in [2.75, 3.05) is 9.80 Å². The minimum absolute atomic E-state index is 0.0152. The third-order valence-corrected chi connectivity index (χ3v) is 23.1. The van der Waals surface area contributed by atoms with Crippen LogP contribution in [0.3, 0.4) is 0 Å². The van der Waals surface area contributed by atoms with E-state index in [1.807, 2.05) is 11.3 Å². The van der Waals surface area contributed by atoms with Gasteiger partial charge in [0.05, 0.1) is 0 Å². The van der Waals surface area contributed by atoms with Crippen molar-refractivity contribution < 1.29 is 0 Å². The highest BCUT2D eigenvalue weighted by Crippen LogP contribution is 2.59. The molecule has 3 unspecified atom stereocenters. The summed E-state index contributed by atoms with van der Waals surface area (Å²) in [5.41, 5.74) is 28.6. The first-order valence-corrected chi connectivity index (χ1v) is 30.4. The molecule has 0 N–H and O–H groups in total. The number of benzene rings is 7. The van der Waals surface area contributed by atoms with E-state index in [0.717, 1.165) is 19.3 Å². The molecule has 77 heavy (non-hydrogen) atoms. The maximum atomic E-state index is 2.79. The molecular formula is C73H81BN2S. The third kappa shape index (κ3) is 6.91. The minimum Gasteiger partial charge on any atom is -0.311 e. The predicted octanol–water partition coefficient (Wildman–Crippen LogP) is 18.5. The van der Waals surface area contributed by atoms with Crippen molar-refractivity contribution in [3.63, 3.8) is 0 Å². The van der Waals surface area contributed by atoms with Crippen molar-refractivity contribution in [2.45, 2.75) is 194 Å². The van der Waals surface area contributed by atoms with Crippen molar-refractivity contribution in [3.8, 4) is 0 Å². The Bertz CT molecular complexity index is 3880. The molecule has 1 aromatic heterocycles. The summed E-state index contributed by atoms with van der Waals surface area (Å²) in [4.78, 5) is 5.50. The summed E-state index contributed by atoms with van der Waals surface area (Å²) in [6, 6.07) is 45.6. The summed E-state index contributed by atoms with van der Waals surface area (Å²) in [6.07, 6.45) is 10.7. The summed E-state index contributed by atoms with van der Waals surface area (Å²) in [7, 11) is 0. The summed E-state index contributed by atoms with van der Waals surface area (Å²) in [5.74, 6) is 0. The molecule has 0 spiro atoms. The van der Waals surface area contributed by atoms with E-state index in [1.54, 1.807) is 11.1 Å². The van der Waals surface area contributed by atoms with Gasteiger partial charge in [0.15, 0.2) is 0 Å². The fraction of sp³-hybridized carbons (Fsp3) is 0.425. The first kappa shape index (κ1) is 49.7. The molecule has 1 fully saturated rings. The van der Waals surface area contributed by atoms with Crippen LogP contribution in [0.1, 0.15) is 196 Å². The van der Waals surface area contributed by atoms with E-state index < -0.39 is 0 Å². The van der Waals surface area contributed by atoms with Crippen LogP contribution in [0.4, 0.5) is 34.1 Å². The van der Waals surface area contributed by atoms with E-state index in [1.165, 1.54) is 159 Å². The normalized spacial score (nSPS) is 24.2. The lowest BCUT2D eigenvalue weighted by Gasteiger charge is -2.52. The first-order valence-electron chi connectivity index (χ1n) is 29.6. The lowest BCUT2D eigenvalue weighted by molar-refractivity contribution is 0.0872. The number of hydrogen-bond donors (Lipinski definition) is 0. The molecule has 7 aromatic carbocycles. The van der Waals surface area contributed by atoms with Gasteiger partial charge in [-0.3, -0.25) is 0 Å². The molecule has 15 rings (SSSR count). The summed E-state index contributed by atoms with van der Waals surface area (Å²) >= 11 is 1.93. The van der Waals surface area contributed by atoms with Crippen molar-refractivity contribution in [1.29, 1.82) is 0 Å². The quantitative estimate of drug-likeness (QED) is 0.151. The second kappa shape index (κ2) is 16.1. The second-order valence-electron chi connectivity index (χ2n) is 29.4. The van der Waals surface area contributed by atoms with Crippen LogP contribution in [0.2, 0.25) is 0 Å². The molecule has 2 nitrogen and oxygen atoms in total. The number of aryl methyl sites for hydroxylation is 3. The molecule has 6 bridgehead atoms. The van der Waals surface area contributed by atoms with Gasteiger partial charge in [0.25, 0.3) is 6.71 Å². The molecule has 0 amide bonds. The van der Waals surface area contributed by atoms with E-state index in [-0.39, 0.29) is 44.6 Å². The molecule has 3 aliphatic carbocycles. The number of anilines is 6. The molecule has 0 radical (unpaired) electrons. The zero-order chi connectivity index (χ0) is 53.9. The largest absolute Gasteiger partial charge is 0.311 e. The molecular weight excluding hydrogens is 948 g/mol. The molecule has 392 valence electrons. The van der Waals surface area contributed by atoms with Crippen LogP contribution in [0, 0.1) is 26.2 Å². The first-order chi connectivity index (χ1) is 36.3. The van der Waals surface area contributed by atoms with Crippen molar-refractivity contribution >= 4 is 88.7 Å². The highest BCUT2D eigenvalue weighted by molar-refractivity contribution is 7.25. The van der Waals surface area contributed by atoms with Gasteiger partial charge in [-0.15, -0.1) is 11.3 Å². The van der Waals surface area contributed by atoms with Gasteiger partial charge in [0.1, 0.15) is 0 Å². The smallest absolute Gasteiger partial charge is 0.252 e. The van der Waals surface area contributed by atoms with Gasteiger partial charge in [-0.25, -0.2) is 0 Å². The van der Waals surface area contributed by atoms with Crippen LogP contribution in [0.25, 0.3) is 20.2 Å². The van der Waals surface area contributed by atoms with Crippen LogP contribution < -0.4 is 26.2 Å². The standard InChI is InChI=1S/C73H81BN2S/c1-43-32-62-66-63(33-43)76-59-41-56-52(35-45(59)3)70(11,12)30-31-72(56,14)55-34-44(2)50(38-51(55)67(4,5)6)73(15)27-19-18-26-71(73,13)42-46-22-25-57(60(76)36-46)74(66)58-39-53-54(69(9,10)29-28-68(53,7)8)40-61(58)75(62)47-23-24-49-48-20-16-17-21-64(48)77-65(49)37-47/h16-17,20-25,32-41H,18-19,26-31,42H2,1-15H3. The average molecular weight is 1030 g/mol. The Morgan fingerprint density at radius 1 is 0.481 bits per heavy atom. The number of nitrogens with zero attached hydrogens (tertiary/aromatic N) is 2. The van der Waals surface area contributed by atoms with Crippen LogP contribution in [-0.2, 0) is 38.9 Å². The van der Waals surface area contributed by atoms with Crippen molar-refractivity contribution in [1.82, 2.24) is 0 Å². The maximum Gasteiger partial charge on any atom is 0.252 e. The molecule has 8 aromatic rings. The number of thiophene rings is 1. The number of rotatable bonds is 1. The van der Waals surface area contributed by atoms with Gasteiger partial charge in [0.2, 0.25) is 0 Å². The van der Waals surface area contributed by atoms with Crippen LogP contribution >= 0.6 is 11.3 Å². The Kier molecular flexibility index (Phi) is 10.4. The van der Waals surface area contributed by atoms with E-state index in [0.29, 0.717) is 0 Å². The van der Waals surface area contributed by atoms with E-state index in [4.69, 9.17) is 0 Å². The molecule has 3 atom stereocenters. The fourth-order valence-electron chi connectivity index (χ4n) is 16.9. The Morgan fingerprint density at radius 2 is 1.10 bits per heavy atom. The lowest BCUT2D eigenvalue weighted by Crippen LogP contribution is -2.62. The predicted molar refractivity (Wildman–Crippen MR) is 334 cm³/mol. The van der Waals surface area contributed by atoms with E-state index in [9.17, 15) is 0 Å². The summed E-state index contributed by atoms with van der Waals surface area (Å²) in [6.45, 7) is 37.8. The molecule has 0 saturated heterocycles. The third-order valence-electron chi connectivity index (χ3n) is 22.0. The van der Waals surface area contributed by atoms with E-state index >= 15 is 0 Å². The molecule has 5 heterocycles. The van der Waals surface area contributed by atoms with Crippen LogP contribution in [0.15, 0.2) is 109 Å². The van der Waals surface area contributed by atoms with Gasteiger partial charge in [-0.05, 0) is 224 Å².